The molecular formula is C15H22N2O3. The SMILES string of the molecule is CCOC(=O)CN(C)CC(=O)N(CC)c1ccccc1. The number of benzene rings is 1. The van der Waals surface area contributed by atoms with E-state index in [1.807, 2.05) is 37.3 Å². The van der Waals surface area contributed by atoms with Crippen molar-refractivity contribution >= 4 is 17.6 Å². The highest BCUT2D eigenvalue weighted by atomic mass is 16.5. The summed E-state index contributed by atoms with van der Waals surface area (Å²) >= 11 is 0. The summed E-state index contributed by atoms with van der Waals surface area (Å²) in [6.45, 7) is 4.93. The van der Waals surface area contributed by atoms with Crippen molar-refractivity contribution in [3.8, 4) is 0 Å². The standard InChI is InChI=1S/C15H22N2O3/c1-4-17(13-9-7-6-8-10-13)14(18)11-16(3)12-15(19)20-5-2/h6-10H,4-5,11-12H2,1-3H3. The smallest absolute Gasteiger partial charge is 0.320 e. The minimum Gasteiger partial charge on any atom is -0.465 e. The Labute approximate surface area is 120 Å². The zero-order chi connectivity index (χ0) is 15.0. The van der Waals surface area contributed by atoms with Gasteiger partial charge in [0.05, 0.1) is 19.7 Å². The number of hydrogen-bond acceptors (Lipinski definition) is 4. The molecule has 0 N–H and O–H groups in total. The van der Waals surface area contributed by atoms with Crippen LogP contribution < -0.4 is 4.90 Å². The van der Waals surface area contributed by atoms with Crippen molar-refractivity contribution in [2.24, 2.45) is 0 Å². The fourth-order valence-corrected chi connectivity index (χ4v) is 1.91. The molecule has 0 fully saturated rings. The third-order valence-electron chi connectivity index (χ3n) is 2.79. The molecule has 1 aromatic rings. The molecule has 0 unspecified atom stereocenters. The van der Waals surface area contributed by atoms with Crippen LogP contribution in [-0.2, 0) is 14.3 Å². The summed E-state index contributed by atoms with van der Waals surface area (Å²) in [4.78, 5) is 27.0. The van der Waals surface area contributed by atoms with Crippen molar-refractivity contribution < 1.29 is 14.3 Å². The predicted octanol–water partition coefficient (Wildman–Crippen LogP) is 1.53. The van der Waals surface area contributed by atoms with Gasteiger partial charge in [-0.25, -0.2) is 0 Å². The van der Waals surface area contributed by atoms with E-state index in [2.05, 4.69) is 0 Å². The van der Waals surface area contributed by atoms with Gasteiger partial charge in [0.25, 0.3) is 0 Å². The number of carbonyl (C=O) groups excluding carboxylic acids is 2. The number of ether oxygens (including phenoxy) is 1. The monoisotopic (exact) mass is 278 g/mol. The van der Waals surface area contributed by atoms with Gasteiger partial charge < -0.3 is 9.64 Å². The van der Waals surface area contributed by atoms with Gasteiger partial charge in [-0.15, -0.1) is 0 Å². The van der Waals surface area contributed by atoms with Crippen LogP contribution in [0.4, 0.5) is 5.69 Å². The van der Waals surface area contributed by atoms with E-state index in [0.29, 0.717) is 13.2 Å². The van der Waals surface area contributed by atoms with Crippen LogP contribution in [0.25, 0.3) is 0 Å². The van der Waals surface area contributed by atoms with Crippen molar-refractivity contribution in [1.82, 2.24) is 4.90 Å². The molecule has 0 atom stereocenters. The summed E-state index contributed by atoms with van der Waals surface area (Å²) < 4.78 is 4.86. The van der Waals surface area contributed by atoms with Crippen LogP contribution in [0, 0.1) is 0 Å². The molecule has 0 aliphatic rings. The molecule has 5 heteroatoms. The van der Waals surface area contributed by atoms with Crippen molar-refractivity contribution in [2.45, 2.75) is 13.8 Å². The first kappa shape index (κ1) is 16.2. The number of likely N-dealkylation sites (N-methyl/N-ethyl adjacent to an activating group) is 2. The van der Waals surface area contributed by atoms with Crippen LogP contribution in [0.3, 0.4) is 0 Å². The molecule has 1 rings (SSSR count). The molecule has 0 aliphatic heterocycles. The highest BCUT2D eigenvalue weighted by Crippen LogP contribution is 2.13. The second kappa shape index (κ2) is 8.32. The third kappa shape index (κ3) is 5.01. The molecule has 20 heavy (non-hydrogen) atoms. The number of para-hydroxylation sites is 1. The van der Waals surface area contributed by atoms with E-state index in [-0.39, 0.29) is 25.0 Å². The van der Waals surface area contributed by atoms with Crippen molar-refractivity contribution in [3.63, 3.8) is 0 Å². The topological polar surface area (TPSA) is 49.9 Å². The molecule has 0 saturated carbocycles. The molecule has 5 nitrogen and oxygen atoms in total. The Morgan fingerprint density at radius 3 is 2.30 bits per heavy atom. The van der Waals surface area contributed by atoms with Gasteiger partial charge >= 0.3 is 5.97 Å². The Hall–Kier alpha value is -1.88. The van der Waals surface area contributed by atoms with Crippen LogP contribution in [0.15, 0.2) is 30.3 Å². The van der Waals surface area contributed by atoms with Gasteiger partial charge in [0.1, 0.15) is 0 Å². The van der Waals surface area contributed by atoms with Crippen molar-refractivity contribution in [3.05, 3.63) is 30.3 Å². The highest BCUT2D eigenvalue weighted by Gasteiger charge is 2.17. The largest absolute Gasteiger partial charge is 0.465 e. The molecule has 0 radical (unpaired) electrons. The molecule has 1 aromatic carbocycles. The minimum atomic E-state index is -0.314. The number of rotatable bonds is 7. The Kier molecular flexibility index (Phi) is 6.73. The summed E-state index contributed by atoms with van der Waals surface area (Å²) in [6.07, 6.45) is 0. The number of nitrogens with zero attached hydrogens (tertiary/aromatic N) is 2. The van der Waals surface area contributed by atoms with Crippen LogP contribution in [-0.4, -0.2) is 50.1 Å². The summed E-state index contributed by atoms with van der Waals surface area (Å²) in [6, 6.07) is 9.50. The maximum absolute atomic E-state index is 12.3. The van der Waals surface area contributed by atoms with Crippen molar-refractivity contribution in [2.75, 3.05) is 38.2 Å². The van der Waals surface area contributed by atoms with Gasteiger partial charge in [0.15, 0.2) is 0 Å². The van der Waals surface area contributed by atoms with E-state index in [0.717, 1.165) is 5.69 Å². The Bertz CT molecular complexity index is 434. The Morgan fingerprint density at radius 2 is 1.75 bits per heavy atom. The molecular weight excluding hydrogens is 256 g/mol. The summed E-state index contributed by atoms with van der Waals surface area (Å²) in [5.41, 5.74) is 0.865. The lowest BCUT2D eigenvalue weighted by atomic mass is 10.3. The zero-order valence-electron chi connectivity index (χ0n) is 12.3. The molecule has 0 bridgehead atoms. The fraction of sp³-hybridized carbons (Fsp3) is 0.467. The summed E-state index contributed by atoms with van der Waals surface area (Å²) in [5, 5.41) is 0. The molecule has 1 amide bonds. The maximum atomic E-state index is 12.3. The summed E-state index contributed by atoms with van der Waals surface area (Å²) in [7, 11) is 1.73. The van der Waals surface area contributed by atoms with Gasteiger partial charge in [0, 0.05) is 12.2 Å². The number of hydrogen-bond donors (Lipinski definition) is 0. The fourth-order valence-electron chi connectivity index (χ4n) is 1.91. The number of esters is 1. The lowest BCUT2D eigenvalue weighted by Crippen LogP contribution is -2.40. The lowest BCUT2D eigenvalue weighted by molar-refractivity contribution is -0.144. The number of carbonyl (C=O) groups is 2. The molecule has 0 spiro atoms. The van der Waals surface area contributed by atoms with E-state index in [1.165, 1.54) is 0 Å². The number of amides is 1. The maximum Gasteiger partial charge on any atom is 0.320 e. The average Bonchev–Trinajstić information content (AvgIpc) is 2.40. The highest BCUT2D eigenvalue weighted by molar-refractivity contribution is 5.94. The Morgan fingerprint density at radius 1 is 1.10 bits per heavy atom. The van der Waals surface area contributed by atoms with E-state index in [9.17, 15) is 9.59 Å². The van der Waals surface area contributed by atoms with Crippen molar-refractivity contribution in [1.29, 1.82) is 0 Å². The molecule has 0 aliphatic carbocycles. The van der Waals surface area contributed by atoms with Gasteiger partial charge in [-0.1, -0.05) is 18.2 Å². The molecule has 0 aromatic heterocycles. The second-order valence-electron chi connectivity index (χ2n) is 4.45. The first-order chi connectivity index (χ1) is 9.58. The summed E-state index contributed by atoms with van der Waals surface area (Å²) in [5.74, 6) is -0.351. The quantitative estimate of drug-likeness (QED) is 0.710. The van der Waals surface area contributed by atoms with E-state index in [4.69, 9.17) is 4.74 Å². The van der Waals surface area contributed by atoms with Gasteiger partial charge in [0.2, 0.25) is 5.91 Å². The zero-order valence-corrected chi connectivity index (χ0v) is 12.3. The van der Waals surface area contributed by atoms with Crippen LogP contribution in [0.1, 0.15) is 13.8 Å². The number of anilines is 1. The molecule has 0 saturated heterocycles. The molecule has 110 valence electrons. The average molecular weight is 278 g/mol. The van der Waals surface area contributed by atoms with Crippen LogP contribution in [0.5, 0.6) is 0 Å². The minimum absolute atomic E-state index is 0.0366. The van der Waals surface area contributed by atoms with E-state index >= 15 is 0 Å². The van der Waals surface area contributed by atoms with Gasteiger partial charge in [-0.05, 0) is 33.0 Å². The van der Waals surface area contributed by atoms with Gasteiger partial charge in [-0.2, -0.15) is 0 Å². The normalized spacial score (nSPS) is 10.4. The van der Waals surface area contributed by atoms with E-state index < -0.39 is 0 Å². The van der Waals surface area contributed by atoms with Gasteiger partial charge in [-0.3, -0.25) is 14.5 Å². The first-order valence-electron chi connectivity index (χ1n) is 6.78. The van der Waals surface area contributed by atoms with Crippen LogP contribution in [0.2, 0.25) is 0 Å². The lowest BCUT2D eigenvalue weighted by Gasteiger charge is -2.24. The molecule has 0 heterocycles. The third-order valence-corrected chi connectivity index (χ3v) is 2.79. The van der Waals surface area contributed by atoms with E-state index in [1.54, 1.807) is 23.8 Å². The second-order valence-corrected chi connectivity index (χ2v) is 4.45. The first-order valence-corrected chi connectivity index (χ1v) is 6.78. The van der Waals surface area contributed by atoms with Crippen LogP contribution >= 0.6 is 0 Å². The predicted molar refractivity (Wildman–Crippen MR) is 78.6 cm³/mol. The Balaban J connectivity index is 2.58.